The van der Waals surface area contributed by atoms with E-state index in [9.17, 15) is 15.0 Å². The molecule has 94 valence electrons. The van der Waals surface area contributed by atoms with Crippen LogP contribution in [0.15, 0.2) is 18.2 Å². The van der Waals surface area contributed by atoms with E-state index in [1.807, 2.05) is 0 Å². The molecule has 2 unspecified atom stereocenters. The second kappa shape index (κ2) is 5.86. The summed E-state index contributed by atoms with van der Waals surface area (Å²) in [6.45, 7) is 0. The summed E-state index contributed by atoms with van der Waals surface area (Å²) in [5.74, 6) is -1.12. The average molecular weight is 261 g/mol. The quantitative estimate of drug-likeness (QED) is 0.688. The Kier molecular flexibility index (Phi) is 4.74. The number of carboxylic acid groups (broad SMARTS) is 1. The highest BCUT2D eigenvalue weighted by molar-refractivity contribution is 6.18. The van der Waals surface area contributed by atoms with E-state index in [0.29, 0.717) is 0 Å². The lowest BCUT2D eigenvalue weighted by Crippen LogP contribution is -2.20. The molecule has 1 aromatic carbocycles. The third-order valence-electron chi connectivity index (χ3n) is 2.32. The summed E-state index contributed by atoms with van der Waals surface area (Å²) in [6.07, 6.45) is -2.37. The summed E-state index contributed by atoms with van der Waals surface area (Å²) < 4.78 is 4.88. The fourth-order valence-electron chi connectivity index (χ4n) is 1.38. The van der Waals surface area contributed by atoms with Gasteiger partial charge < -0.3 is 20.1 Å². The lowest BCUT2D eigenvalue weighted by Gasteiger charge is -2.16. The first kappa shape index (κ1) is 13.8. The number of rotatable bonds is 5. The van der Waals surface area contributed by atoms with E-state index >= 15 is 0 Å². The number of aliphatic hydroxyl groups is 2. The third-order valence-corrected chi connectivity index (χ3v) is 2.63. The van der Waals surface area contributed by atoms with Gasteiger partial charge in [0.05, 0.1) is 19.1 Å². The first-order valence-corrected chi connectivity index (χ1v) is 5.38. The molecule has 3 N–H and O–H groups in total. The number of carbonyl (C=O) groups is 1. The Bertz CT molecular complexity index is 407. The minimum atomic E-state index is -1.23. The van der Waals surface area contributed by atoms with E-state index < -0.39 is 18.2 Å². The van der Waals surface area contributed by atoms with Crippen molar-refractivity contribution in [1.29, 1.82) is 0 Å². The molecule has 0 heterocycles. The van der Waals surface area contributed by atoms with E-state index in [0.717, 1.165) is 0 Å². The van der Waals surface area contributed by atoms with Gasteiger partial charge in [-0.1, -0.05) is 6.07 Å². The van der Waals surface area contributed by atoms with Gasteiger partial charge in [0.1, 0.15) is 17.4 Å². The molecule has 0 amide bonds. The summed E-state index contributed by atoms with van der Waals surface area (Å²) in [7, 11) is 1.35. The molecule has 0 fully saturated rings. The largest absolute Gasteiger partial charge is 0.496 e. The summed E-state index contributed by atoms with van der Waals surface area (Å²) >= 11 is 5.41. The second-order valence-electron chi connectivity index (χ2n) is 3.43. The monoisotopic (exact) mass is 260 g/mol. The molecular weight excluding hydrogens is 248 g/mol. The van der Waals surface area contributed by atoms with Gasteiger partial charge in [-0.15, -0.1) is 11.6 Å². The van der Waals surface area contributed by atoms with Crippen molar-refractivity contribution in [2.45, 2.75) is 12.2 Å². The Morgan fingerprint density at radius 3 is 2.59 bits per heavy atom. The van der Waals surface area contributed by atoms with Gasteiger partial charge in [-0.3, -0.25) is 0 Å². The van der Waals surface area contributed by atoms with Gasteiger partial charge in [-0.25, -0.2) is 4.79 Å². The van der Waals surface area contributed by atoms with Gasteiger partial charge in [0, 0.05) is 0 Å². The normalized spacial score (nSPS) is 14.1. The summed E-state index contributed by atoms with van der Waals surface area (Å²) in [5.41, 5.74) is 0.196. The van der Waals surface area contributed by atoms with Crippen molar-refractivity contribution in [3.05, 3.63) is 29.3 Å². The summed E-state index contributed by atoms with van der Waals surface area (Å²) in [6, 6.07) is 4.15. The number of carboxylic acids is 1. The number of alkyl halides is 1. The number of aliphatic hydroxyl groups excluding tert-OH is 2. The number of halogens is 1. The van der Waals surface area contributed by atoms with Crippen LogP contribution in [0.1, 0.15) is 22.0 Å². The molecule has 0 aliphatic carbocycles. The highest BCUT2D eigenvalue weighted by Gasteiger charge is 2.20. The number of methoxy groups -OCH3 is 1. The second-order valence-corrected chi connectivity index (χ2v) is 3.74. The molecule has 0 aromatic heterocycles. The SMILES string of the molecule is COc1ccc(C(O)C(O)CCl)cc1C(=O)O. The zero-order chi connectivity index (χ0) is 13.0. The molecule has 2 atom stereocenters. The third kappa shape index (κ3) is 3.09. The molecule has 0 aliphatic heterocycles. The molecular formula is C11H13ClO5. The van der Waals surface area contributed by atoms with Crippen molar-refractivity contribution in [3.8, 4) is 5.75 Å². The van der Waals surface area contributed by atoms with Crippen LogP contribution in [-0.2, 0) is 0 Å². The fourth-order valence-corrected chi connectivity index (χ4v) is 1.55. The van der Waals surface area contributed by atoms with Crippen LogP contribution in [0.3, 0.4) is 0 Å². The smallest absolute Gasteiger partial charge is 0.339 e. The molecule has 0 spiro atoms. The zero-order valence-corrected chi connectivity index (χ0v) is 9.89. The van der Waals surface area contributed by atoms with Crippen LogP contribution in [0.2, 0.25) is 0 Å². The number of hydrogen-bond donors (Lipinski definition) is 3. The maximum absolute atomic E-state index is 10.9. The molecule has 0 aliphatic rings. The number of ether oxygens (including phenoxy) is 1. The first-order chi connectivity index (χ1) is 8.01. The topological polar surface area (TPSA) is 87.0 Å². The van der Waals surface area contributed by atoms with Crippen molar-refractivity contribution >= 4 is 17.6 Å². The molecule has 0 radical (unpaired) electrons. The Morgan fingerprint density at radius 1 is 1.47 bits per heavy atom. The van der Waals surface area contributed by atoms with Crippen LogP contribution in [0.4, 0.5) is 0 Å². The molecule has 0 bridgehead atoms. The number of aromatic carboxylic acids is 1. The maximum Gasteiger partial charge on any atom is 0.339 e. The standard InChI is InChI=1S/C11H13ClO5/c1-17-9-3-2-6(4-7(9)11(15)16)10(14)8(13)5-12/h2-4,8,10,13-14H,5H2,1H3,(H,15,16). The summed E-state index contributed by atoms with van der Waals surface area (Å²) in [4.78, 5) is 10.9. The molecule has 1 aromatic rings. The Morgan fingerprint density at radius 2 is 2.12 bits per heavy atom. The van der Waals surface area contributed by atoms with Crippen LogP contribution >= 0.6 is 11.6 Å². The molecule has 6 heteroatoms. The molecule has 17 heavy (non-hydrogen) atoms. The molecule has 0 saturated carbocycles. The summed E-state index contributed by atoms with van der Waals surface area (Å²) in [5, 5.41) is 28.0. The predicted molar refractivity (Wildman–Crippen MR) is 61.6 cm³/mol. The lowest BCUT2D eigenvalue weighted by molar-refractivity contribution is 0.0325. The van der Waals surface area contributed by atoms with Gasteiger partial charge in [-0.2, -0.15) is 0 Å². The van der Waals surface area contributed by atoms with Gasteiger partial charge >= 0.3 is 5.97 Å². The minimum Gasteiger partial charge on any atom is -0.496 e. The highest BCUT2D eigenvalue weighted by Crippen LogP contribution is 2.25. The van der Waals surface area contributed by atoms with Crippen molar-refractivity contribution in [1.82, 2.24) is 0 Å². The molecule has 1 rings (SSSR count). The van der Waals surface area contributed by atoms with E-state index in [-0.39, 0.29) is 22.8 Å². The van der Waals surface area contributed by atoms with E-state index in [1.54, 1.807) is 0 Å². The maximum atomic E-state index is 10.9. The zero-order valence-electron chi connectivity index (χ0n) is 9.13. The molecule has 5 nitrogen and oxygen atoms in total. The van der Waals surface area contributed by atoms with Gasteiger partial charge in [0.15, 0.2) is 0 Å². The molecule has 0 saturated heterocycles. The Labute approximate surface area is 103 Å². The predicted octanol–water partition coefficient (Wildman–Crippen LogP) is 1.03. The van der Waals surface area contributed by atoms with Crippen LogP contribution in [0.25, 0.3) is 0 Å². The van der Waals surface area contributed by atoms with E-state index in [4.69, 9.17) is 21.4 Å². The van der Waals surface area contributed by atoms with E-state index in [1.165, 1.54) is 25.3 Å². The van der Waals surface area contributed by atoms with Crippen molar-refractivity contribution in [3.63, 3.8) is 0 Å². The van der Waals surface area contributed by atoms with Crippen LogP contribution < -0.4 is 4.74 Å². The number of benzene rings is 1. The number of hydrogen-bond acceptors (Lipinski definition) is 4. The first-order valence-electron chi connectivity index (χ1n) is 4.84. The Balaban J connectivity index is 3.12. The van der Waals surface area contributed by atoms with Crippen LogP contribution in [0, 0.1) is 0 Å². The van der Waals surface area contributed by atoms with Crippen LogP contribution in [0.5, 0.6) is 5.75 Å². The van der Waals surface area contributed by atoms with Gasteiger partial charge in [0.2, 0.25) is 0 Å². The Hall–Kier alpha value is -1.30. The van der Waals surface area contributed by atoms with Gasteiger partial charge in [0.25, 0.3) is 0 Å². The lowest BCUT2D eigenvalue weighted by atomic mass is 10.0. The van der Waals surface area contributed by atoms with Crippen LogP contribution in [-0.4, -0.2) is 40.4 Å². The average Bonchev–Trinajstić information content (AvgIpc) is 2.35. The highest BCUT2D eigenvalue weighted by atomic mass is 35.5. The van der Waals surface area contributed by atoms with Crippen molar-refractivity contribution < 1.29 is 24.9 Å². The van der Waals surface area contributed by atoms with Crippen molar-refractivity contribution in [2.75, 3.05) is 13.0 Å². The van der Waals surface area contributed by atoms with Crippen molar-refractivity contribution in [2.24, 2.45) is 0 Å². The fraction of sp³-hybridized carbons (Fsp3) is 0.364. The van der Waals surface area contributed by atoms with E-state index in [2.05, 4.69) is 0 Å². The minimum absolute atomic E-state index is 0.0779. The van der Waals surface area contributed by atoms with Gasteiger partial charge in [-0.05, 0) is 17.7 Å².